The minimum absolute atomic E-state index is 0.378. The molecule has 0 unspecified atom stereocenters. The minimum atomic E-state index is -2.89. The number of benzene rings is 1. The smallest absolute Gasteiger partial charge is 0.264 e. The highest BCUT2D eigenvalue weighted by molar-refractivity contribution is 5.54. The van der Waals surface area contributed by atoms with Crippen molar-refractivity contribution in [2.45, 2.75) is 12.3 Å². The van der Waals surface area contributed by atoms with Crippen LogP contribution in [0, 0.1) is 0 Å². The maximum absolute atomic E-state index is 13.1. The summed E-state index contributed by atoms with van der Waals surface area (Å²) in [6, 6.07) is 6.63. The van der Waals surface area contributed by atoms with Crippen molar-refractivity contribution >= 4 is 0 Å². The number of nitrogens with one attached hydrogen (secondary N) is 1. The lowest BCUT2D eigenvalue weighted by Crippen LogP contribution is -2.30. The van der Waals surface area contributed by atoms with Crippen LogP contribution in [0.1, 0.15) is 5.56 Å². The molecule has 0 fully saturated rings. The first-order valence-corrected chi connectivity index (χ1v) is 5.01. The third-order valence-corrected chi connectivity index (χ3v) is 2.29. The Balaban J connectivity index is 2.23. The zero-order valence-corrected chi connectivity index (χ0v) is 8.90. The summed E-state index contributed by atoms with van der Waals surface area (Å²) in [5.74, 6) is -2.52. The number of halogens is 2. The summed E-state index contributed by atoms with van der Waals surface area (Å²) in [4.78, 5) is 0. The van der Waals surface area contributed by atoms with E-state index in [-0.39, 0.29) is 0 Å². The second-order valence-corrected chi connectivity index (χ2v) is 3.67. The first kappa shape index (κ1) is 11.6. The number of H-pyrrole nitrogens is 1. The largest absolute Gasteiger partial charge is 0.325 e. The van der Waals surface area contributed by atoms with Crippen molar-refractivity contribution in [3.05, 3.63) is 29.8 Å². The lowest BCUT2D eigenvalue weighted by Gasteiger charge is -2.13. The molecule has 7 heteroatoms. The van der Waals surface area contributed by atoms with Gasteiger partial charge in [0.1, 0.15) is 0 Å². The third-order valence-electron chi connectivity index (χ3n) is 2.29. The molecule has 2 rings (SSSR count). The molecular formula is C10H11F2N5. The average molecular weight is 239 g/mol. The van der Waals surface area contributed by atoms with Crippen LogP contribution >= 0.6 is 0 Å². The fourth-order valence-corrected chi connectivity index (χ4v) is 1.48. The Labute approximate surface area is 96.0 Å². The van der Waals surface area contributed by atoms with E-state index in [9.17, 15) is 8.78 Å². The average Bonchev–Trinajstić information content (AvgIpc) is 2.82. The Bertz CT molecular complexity index is 483. The van der Waals surface area contributed by atoms with E-state index in [1.54, 1.807) is 24.3 Å². The molecule has 2 aromatic rings. The van der Waals surface area contributed by atoms with Gasteiger partial charge < -0.3 is 5.73 Å². The van der Waals surface area contributed by atoms with Crippen LogP contribution in [0.5, 0.6) is 0 Å². The molecule has 0 bridgehead atoms. The number of nitrogens with zero attached hydrogens (tertiary/aromatic N) is 3. The van der Waals surface area contributed by atoms with Gasteiger partial charge in [-0.15, -0.1) is 10.2 Å². The summed E-state index contributed by atoms with van der Waals surface area (Å²) < 4.78 is 26.3. The van der Waals surface area contributed by atoms with Crippen LogP contribution in [0.15, 0.2) is 24.3 Å². The van der Waals surface area contributed by atoms with Crippen molar-refractivity contribution in [1.82, 2.24) is 20.6 Å². The Morgan fingerprint density at radius 1 is 1.35 bits per heavy atom. The maximum atomic E-state index is 13.1. The summed E-state index contributed by atoms with van der Waals surface area (Å²) in [7, 11) is 0. The molecule has 0 saturated carbocycles. The monoisotopic (exact) mass is 239 g/mol. The maximum Gasteiger partial charge on any atom is 0.264 e. The van der Waals surface area contributed by atoms with E-state index in [1.165, 1.54) is 0 Å². The zero-order valence-electron chi connectivity index (χ0n) is 8.90. The number of aromatic nitrogens is 4. The van der Waals surface area contributed by atoms with E-state index in [4.69, 9.17) is 5.73 Å². The van der Waals surface area contributed by atoms with Crippen LogP contribution in [-0.2, 0) is 6.42 Å². The lowest BCUT2D eigenvalue weighted by molar-refractivity contribution is 0.0115. The predicted molar refractivity (Wildman–Crippen MR) is 57.3 cm³/mol. The zero-order chi connectivity index (χ0) is 12.3. The summed E-state index contributed by atoms with van der Waals surface area (Å²) >= 11 is 0. The Hall–Kier alpha value is -1.89. The second-order valence-electron chi connectivity index (χ2n) is 3.67. The van der Waals surface area contributed by atoms with E-state index in [2.05, 4.69) is 20.6 Å². The topological polar surface area (TPSA) is 80.5 Å². The van der Waals surface area contributed by atoms with Crippen LogP contribution in [0.25, 0.3) is 11.4 Å². The Morgan fingerprint density at radius 2 is 2.18 bits per heavy atom. The van der Waals surface area contributed by atoms with Gasteiger partial charge >= 0.3 is 0 Å². The Kier molecular flexibility index (Phi) is 3.10. The molecule has 5 nitrogen and oxygen atoms in total. The molecule has 1 heterocycles. The molecule has 1 aromatic carbocycles. The van der Waals surface area contributed by atoms with Crippen LogP contribution < -0.4 is 5.73 Å². The molecule has 0 aliphatic heterocycles. The molecular weight excluding hydrogens is 228 g/mol. The molecule has 17 heavy (non-hydrogen) atoms. The van der Waals surface area contributed by atoms with Gasteiger partial charge in [-0.2, -0.15) is 5.21 Å². The van der Waals surface area contributed by atoms with Gasteiger partial charge in [-0.1, -0.05) is 18.2 Å². The van der Waals surface area contributed by atoms with Gasteiger partial charge in [-0.3, -0.25) is 0 Å². The van der Waals surface area contributed by atoms with E-state index < -0.39 is 18.9 Å². The number of alkyl halides is 2. The molecule has 1 aromatic heterocycles. The van der Waals surface area contributed by atoms with Gasteiger partial charge in [0.2, 0.25) is 5.82 Å². The molecule has 3 N–H and O–H groups in total. The van der Waals surface area contributed by atoms with Gasteiger partial charge in [0.25, 0.3) is 5.92 Å². The molecule has 0 aliphatic carbocycles. The van der Waals surface area contributed by atoms with Crippen molar-refractivity contribution in [2.24, 2.45) is 5.73 Å². The molecule has 0 atom stereocenters. The normalized spacial score (nSPS) is 11.7. The minimum Gasteiger partial charge on any atom is -0.325 e. The fraction of sp³-hybridized carbons (Fsp3) is 0.300. The van der Waals surface area contributed by atoms with E-state index in [0.29, 0.717) is 17.0 Å². The van der Waals surface area contributed by atoms with E-state index >= 15 is 0 Å². The number of hydrogen-bond acceptors (Lipinski definition) is 4. The molecule has 0 amide bonds. The van der Waals surface area contributed by atoms with Crippen molar-refractivity contribution in [1.29, 1.82) is 0 Å². The first-order valence-electron chi connectivity index (χ1n) is 5.01. The second kappa shape index (κ2) is 4.54. The number of tetrazole rings is 1. The first-order chi connectivity index (χ1) is 8.11. The number of nitrogens with two attached hydrogens (primary N) is 1. The highest BCUT2D eigenvalue weighted by Gasteiger charge is 2.27. The van der Waals surface area contributed by atoms with Crippen LogP contribution in [0.2, 0.25) is 0 Å². The molecule has 90 valence electrons. The van der Waals surface area contributed by atoms with Gasteiger partial charge in [-0.05, 0) is 16.8 Å². The lowest BCUT2D eigenvalue weighted by atomic mass is 10.0. The van der Waals surface area contributed by atoms with Crippen LogP contribution in [-0.4, -0.2) is 33.1 Å². The summed E-state index contributed by atoms with van der Waals surface area (Å²) in [6.45, 7) is -0.667. The standard InChI is InChI=1S/C10H11F2N5/c11-10(12,6-13)5-7-2-1-3-8(4-7)9-14-16-17-15-9/h1-4H,5-6,13H2,(H,14,15,16,17). The third kappa shape index (κ3) is 2.82. The molecule has 0 spiro atoms. The van der Waals surface area contributed by atoms with Gasteiger partial charge in [0.05, 0.1) is 6.54 Å². The fourth-order valence-electron chi connectivity index (χ4n) is 1.48. The number of hydrogen-bond donors (Lipinski definition) is 2. The van der Waals surface area contributed by atoms with Crippen molar-refractivity contribution in [2.75, 3.05) is 6.54 Å². The van der Waals surface area contributed by atoms with E-state index in [1.807, 2.05) is 0 Å². The summed E-state index contributed by atoms with van der Waals surface area (Å²) in [5, 5.41) is 13.3. The van der Waals surface area contributed by atoms with Gasteiger partial charge in [0.15, 0.2) is 0 Å². The van der Waals surface area contributed by atoms with Crippen molar-refractivity contribution in [3.8, 4) is 11.4 Å². The van der Waals surface area contributed by atoms with Crippen molar-refractivity contribution in [3.63, 3.8) is 0 Å². The van der Waals surface area contributed by atoms with Gasteiger partial charge in [-0.25, -0.2) is 8.78 Å². The summed E-state index contributed by atoms with van der Waals surface area (Å²) in [5.41, 5.74) is 6.13. The van der Waals surface area contributed by atoms with Crippen molar-refractivity contribution < 1.29 is 8.78 Å². The Morgan fingerprint density at radius 3 is 2.82 bits per heavy atom. The number of aromatic amines is 1. The highest BCUT2D eigenvalue weighted by Crippen LogP contribution is 2.21. The van der Waals surface area contributed by atoms with Crippen LogP contribution in [0.4, 0.5) is 8.78 Å². The predicted octanol–water partition coefficient (Wildman–Crippen LogP) is 1.00. The molecule has 0 aliphatic rings. The SMILES string of the molecule is NCC(F)(F)Cc1cccc(-c2nn[nH]n2)c1. The summed E-state index contributed by atoms with van der Waals surface area (Å²) in [6.07, 6.45) is -0.394. The van der Waals surface area contributed by atoms with Crippen LogP contribution in [0.3, 0.4) is 0 Å². The number of rotatable bonds is 4. The quantitative estimate of drug-likeness (QED) is 0.834. The highest BCUT2D eigenvalue weighted by atomic mass is 19.3. The molecule has 0 radical (unpaired) electrons. The molecule has 0 saturated heterocycles. The van der Waals surface area contributed by atoms with E-state index in [0.717, 1.165) is 0 Å². The van der Waals surface area contributed by atoms with Gasteiger partial charge in [0, 0.05) is 12.0 Å².